The molecule has 0 aromatic carbocycles. The molecule has 0 atom stereocenters. The van der Waals surface area contributed by atoms with Gasteiger partial charge in [-0.3, -0.25) is 9.69 Å². The highest BCUT2D eigenvalue weighted by molar-refractivity contribution is 5.98. The van der Waals surface area contributed by atoms with Gasteiger partial charge in [0.05, 0.1) is 49.6 Å². The molecule has 2 aromatic heterocycles. The monoisotopic (exact) mass is 427 g/mol. The molecule has 0 saturated carbocycles. The topological polar surface area (TPSA) is 122 Å². The number of nitrogens with zero attached hydrogens (tertiary/aromatic N) is 5. The predicted molar refractivity (Wildman–Crippen MR) is 119 cm³/mol. The zero-order valence-corrected chi connectivity index (χ0v) is 17.7. The number of rotatable bonds is 8. The van der Waals surface area contributed by atoms with Crippen LogP contribution < -0.4 is 16.0 Å². The molecule has 0 radical (unpaired) electrons. The number of pyridine rings is 1. The van der Waals surface area contributed by atoms with Crippen molar-refractivity contribution in [3.63, 3.8) is 0 Å². The van der Waals surface area contributed by atoms with E-state index in [9.17, 15) is 9.90 Å². The van der Waals surface area contributed by atoms with Crippen LogP contribution in [0.25, 0.3) is 6.20 Å². The van der Waals surface area contributed by atoms with Crippen LogP contribution in [0.1, 0.15) is 17.4 Å². The zero-order valence-electron chi connectivity index (χ0n) is 17.7. The number of Topliss-reactive ketones (excluding diaryl/α,β-unsaturated/α-hetero) is 1. The van der Waals surface area contributed by atoms with Crippen molar-refractivity contribution in [2.45, 2.75) is 13.0 Å². The van der Waals surface area contributed by atoms with Gasteiger partial charge in [0, 0.05) is 45.8 Å². The van der Waals surface area contributed by atoms with Gasteiger partial charge in [-0.25, -0.2) is 9.67 Å². The van der Waals surface area contributed by atoms with Crippen LogP contribution in [0, 0.1) is 0 Å². The minimum absolute atomic E-state index is 0.166. The lowest BCUT2D eigenvalue weighted by molar-refractivity contribution is -0.0660. The molecule has 166 valence electrons. The van der Waals surface area contributed by atoms with Gasteiger partial charge < -0.3 is 25.8 Å². The van der Waals surface area contributed by atoms with E-state index in [-0.39, 0.29) is 18.9 Å². The quantitative estimate of drug-likeness (QED) is 0.518. The van der Waals surface area contributed by atoms with Gasteiger partial charge in [0.2, 0.25) is 0 Å². The molecule has 0 spiro atoms. The van der Waals surface area contributed by atoms with Crippen molar-refractivity contribution >= 4 is 29.2 Å². The molecule has 4 rings (SSSR count). The Labute approximate surface area is 181 Å². The fourth-order valence-corrected chi connectivity index (χ4v) is 3.72. The first kappa shape index (κ1) is 21.4. The van der Waals surface area contributed by atoms with E-state index in [0.29, 0.717) is 28.8 Å². The van der Waals surface area contributed by atoms with Crippen molar-refractivity contribution in [1.82, 2.24) is 19.7 Å². The van der Waals surface area contributed by atoms with E-state index in [0.717, 1.165) is 45.1 Å². The third-order valence-electron chi connectivity index (χ3n) is 5.67. The first-order valence-corrected chi connectivity index (χ1v) is 10.5. The fourth-order valence-electron chi connectivity index (χ4n) is 3.72. The van der Waals surface area contributed by atoms with Gasteiger partial charge in [-0.05, 0) is 17.7 Å². The highest BCUT2D eigenvalue weighted by Crippen LogP contribution is 2.23. The van der Waals surface area contributed by atoms with Gasteiger partial charge in [0.15, 0.2) is 11.5 Å². The summed E-state index contributed by atoms with van der Waals surface area (Å²) in [6, 6.07) is 4.52. The number of aliphatic hydroxyl groups excluding tert-OH is 1. The molecule has 0 bridgehead atoms. The van der Waals surface area contributed by atoms with Gasteiger partial charge in [-0.2, -0.15) is 5.10 Å². The summed E-state index contributed by atoms with van der Waals surface area (Å²) < 4.78 is 6.78. The maximum absolute atomic E-state index is 12.0. The summed E-state index contributed by atoms with van der Waals surface area (Å²) >= 11 is 0. The van der Waals surface area contributed by atoms with Crippen LogP contribution in [-0.4, -0.2) is 89.1 Å². The van der Waals surface area contributed by atoms with Gasteiger partial charge in [-0.15, -0.1) is 0 Å². The third kappa shape index (κ3) is 4.93. The minimum atomic E-state index is -0.167. The van der Waals surface area contributed by atoms with Crippen molar-refractivity contribution in [3.8, 4) is 0 Å². The van der Waals surface area contributed by atoms with E-state index in [1.165, 1.54) is 11.6 Å². The largest absolute Gasteiger partial charge is 0.392 e. The van der Waals surface area contributed by atoms with Crippen LogP contribution >= 0.6 is 0 Å². The summed E-state index contributed by atoms with van der Waals surface area (Å²) in [7, 11) is 0. The number of carbonyl (C=O) groups is 1. The maximum atomic E-state index is 12.0. The predicted octanol–water partition coefficient (Wildman–Crippen LogP) is 0.537. The molecular formula is C21H29N7O3. The lowest BCUT2D eigenvalue weighted by Crippen LogP contribution is -2.56. The Morgan fingerprint density at radius 1 is 1.32 bits per heavy atom. The van der Waals surface area contributed by atoms with E-state index in [1.54, 1.807) is 12.4 Å². The van der Waals surface area contributed by atoms with Crippen LogP contribution in [0.4, 0.5) is 17.2 Å². The Morgan fingerprint density at radius 3 is 2.65 bits per heavy atom. The average Bonchev–Trinajstić information content (AvgIpc) is 3.14. The SMILES string of the molecule is CC(=O)c1nn(/C=C(/CN)CO)cc1Nc1ccc(N2CCN(C3COC3)CC2)cn1. The average molecular weight is 428 g/mol. The molecule has 31 heavy (non-hydrogen) atoms. The summed E-state index contributed by atoms with van der Waals surface area (Å²) in [4.78, 5) is 21.4. The molecule has 2 fully saturated rings. The number of carbonyl (C=O) groups excluding carboxylic acids is 1. The number of aliphatic hydroxyl groups is 1. The van der Waals surface area contributed by atoms with E-state index >= 15 is 0 Å². The van der Waals surface area contributed by atoms with Crippen LogP contribution in [0.15, 0.2) is 30.1 Å². The summed E-state index contributed by atoms with van der Waals surface area (Å²) in [6.07, 6.45) is 5.14. The number of piperazine rings is 1. The van der Waals surface area contributed by atoms with E-state index in [2.05, 4.69) is 25.2 Å². The first-order valence-electron chi connectivity index (χ1n) is 10.5. The lowest BCUT2D eigenvalue weighted by Gasteiger charge is -2.43. The number of nitrogens with one attached hydrogen (secondary N) is 1. The zero-order chi connectivity index (χ0) is 21.8. The molecule has 10 heteroatoms. The Kier molecular flexibility index (Phi) is 6.62. The van der Waals surface area contributed by atoms with Crippen LogP contribution in [0.2, 0.25) is 0 Å². The second kappa shape index (κ2) is 9.56. The van der Waals surface area contributed by atoms with Crippen LogP contribution in [-0.2, 0) is 4.74 Å². The molecular weight excluding hydrogens is 398 g/mol. The normalized spacial score (nSPS) is 18.2. The maximum Gasteiger partial charge on any atom is 0.182 e. The molecule has 0 aliphatic carbocycles. The molecule has 4 heterocycles. The molecule has 0 unspecified atom stereocenters. The number of ether oxygens (including phenoxy) is 1. The van der Waals surface area contributed by atoms with Crippen LogP contribution in [0.3, 0.4) is 0 Å². The van der Waals surface area contributed by atoms with E-state index in [4.69, 9.17) is 10.5 Å². The number of aromatic nitrogens is 3. The summed E-state index contributed by atoms with van der Waals surface area (Å²) in [6.45, 7) is 7.19. The first-order chi connectivity index (χ1) is 15.1. The van der Waals surface area contributed by atoms with Crippen molar-refractivity contribution in [3.05, 3.63) is 35.8 Å². The van der Waals surface area contributed by atoms with Crippen molar-refractivity contribution in [1.29, 1.82) is 0 Å². The molecule has 2 aliphatic rings. The van der Waals surface area contributed by atoms with Crippen molar-refractivity contribution in [2.75, 3.05) is 62.8 Å². The lowest BCUT2D eigenvalue weighted by atomic mass is 10.2. The molecule has 10 nitrogen and oxygen atoms in total. The molecule has 4 N–H and O–H groups in total. The molecule has 2 aliphatic heterocycles. The number of ketones is 1. The standard InChI is InChI=1S/C21H29N7O3/c1-15(30)21-19(11-28(25-21)10-16(8-22)12-29)24-20-3-2-17(9-23-20)26-4-6-27(7-5-26)18-13-31-14-18/h2-3,9-11,18,29H,4-8,12-14,22H2,1H3,(H,23,24)/b16-10-. The molecule has 0 amide bonds. The number of nitrogens with two attached hydrogens (primary N) is 1. The Hall–Kier alpha value is -2.79. The highest BCUT2D eigenvalue weighted by atomic mass is 16.5. The van der Waals surface area contributed by atoms with Crippen molar-refractivity contribution < 1.29 is 14.6 Å². The van der Waals surface area contributed by atoms with Gasteiger partial charge >= 0.3 is 0 Å². The van der Waals surface area contributed by atoms with Gasteiger partial charge in [0.25, 0.3) is 0 Å². The van der Waals surface area contributed by atoms with E-state index < -0.39 is 0 Å². The summed E-state index contributed by atoms with van der Waals surface area (Å²) in [5.74, 6) is 0.459. The number of hydrogen-bond acceptors (Lipinski definition) is 9. The smallest absolute Gasteiger partial charge is 0.182 e. The second-order valence-corrected chi connectivity index (χ2v) is 7.82. The number of hydrogen-bond donors (Lipinski definition) is 3. The highest BCUT2D eigenvalue weighted by Gasteiger charge is 2.28. The van der Waals surface area contributed by atoms with E-state index in [1.807, 2.05) is 18.3 Å². The van der Waals surface area contributed by atoms with Gasteiger partial charge in [0.1, 0.15) is 5.82 Å². The number of anilines is 3. The Balaban J connectivity index is 1.42. The summed E-state index contributed by atoms with van der Waals surface area (Å²) in [5, 5.41) is 16.8. The Morgan fingerprint density at radius 2 is 2.10 bits per heavy atom. The Bertz CT molecular complexity index is 923. The molecule has 2 aromatic rings. The van der Waals surface area contributed by atoms with Crippen molar-refractivity contribution in [2.24, 2.45) is 5.73 Å². The second-order valence-electron chi connectivity index (χ2n) is 7.82. The molecule has 2 saturated heterocycles. The summed E-state index contributed by atoms with van der Waals surface area (Å²) in [5.41, 5.74) is 8.13. The minimum Gasteiger partial charge on any atom is -0.392 e. The fraction of sp³-hybridized carbons (Fsp3) is 0.476. The van der Waals surface area contributed by atoms with Gasteiger partial charge in [-0.1, -0.05) is 0 Å². The third-order valence-corrected chi connectivity index (χ3v) is 5.67. The van der Waals surface area contributed by atoms with Crippen LogP contribution in [0.5, 0.6) is 0 Å².